The number of nitrogens with one attached hydrogen (secondary N) is 2. The first kappa shape index (κ1) is 14.3. The van der Waals surface area contributed by atoms with Gasteiger partial charge in [-0.25, -0.2) is 13.1 Å². The van der Waals surface area contributed by atoms with E-state index >= 15 is 0 Å². The second kappa shape index (κ2) is 5.92. The fraction of sp³-hybridized carbons (Fsp3) is 0.571. The minimum absolute atomic E-state index is 0.329. The smallest absolute Gasteiger partial charge is 0.242 e. The molecule has 19 heavy (non-hydrogen) atoms. The minimum atomic E-state index is -3.41. The third-order valence-electron chi connectivity index (χ3n) is 3.90. The van der Waals surface area contributed by atoms with Crippen LogP contribution in [0.15, 0.2) is 29.2 Å². The van der Waals surface area contributed by atoms with Gasteiger partial charge < -0.3 is 5.32 Å². The summed E-state index contributed by atoms with van der Waals surface area (Å²) < 4.78 is 26.4. The van der Waals surface area contributed by atoms with Crippen molar-refractivity contribution in [2.24, 2.45) is 5.92 Å². The van der Waals surface area contributed by atoms with Gasteiger partial charge in [0.05, 0.1) is 5.69 Å². The molecule has 0 spiro atoms. The summed E-state index contributed by atoms with van der Waals surface area (Å²) >= 11 is 0. The zero-order chi connectivity index (χ0) is 13.9. The highest BCUT2D eigenvalue weighted by molar-refractivity contribution is 7.89. The van der Waals surface area contributed by atoms with Gasteiger partial charge in [-0.3, -0.25) is 0 Å². The van der Waals surface area contributed by atoms with E-state index in [2.05, 4.69) is 17.0 Å². The lowest BCUT2D eigenvalue weighted by Gasteiger charge is -2.31. The SMILES string of the molecule is CNS(=O)(=O)c1ccccc1NC1CCCCC1C. The molecule has 5 heteroatoms. The van der Waals surface area contributed by atoms with Crippen LogP contribution in [-0.4, -0.2) is 21.5 Å². The molecular formula is C14H22N2O2S. The van der Waals surface area contributed by atoms with Gasteiger partial charge in [-0.15, -0.1) is 0 Å². The number of rotatable bonds is 4. The van der Waals surface area contributed by atoms with Crippen molar-refractivity contribution in [3.8, 4) is 0 Å². The Morgan fingerprint density at radius 2 is 1.84 bits per heavy atom. The highest BCUT2D eigenvalue weighted by atomic mass is 32.2. The molecule has 2 rings (SSSR count). The summed E-state index contributed by atoms with van der Waals surface area (Å²) in [4.78, 5) is 0.329. The van der Waals surface area contributed by atoms with Gasteiger partial charge in [0.1, 0.15) is 4.90 Å². The fourth-order valence-corrected chi connectivity index (χ4v) is 3.55. The third-order valence-corrected chi connectivity index (χ3v) is 5.37. The second-order valence-corrected chi connectivity index (χ2v) is 7.07. The van der Waals surface area contributed by atoms with Crippen molar-refractivity contribution in [1.29, 1.82) is 0 Å². The van der Waals surface area contributed by atoms with Crippen LogP contribution >= 0.6 is 0 Å². The summed E-state index contributed by atoms with van der Waals surface area (Å²) in [5, 5.41) is 3.42. The van der Waals surface area contributed by atoms with E-state index < -0.39 is 10.0 Å². The zero-order valence-corrected chi connectivity index (χ0v) is 12.3. The van der Waals surface area contributed by atoms with Gasteiger partial charge in [0.15, 0.2) is 0 Å². The summed E-state index contributed by atoms with van der Waals surface area (Å²) in [6, 6.07) is 7.46. The Balaban J connectivity index is 2.25. The van der Waals surface area contributed by atoms with Crippen LogP contribution in [0.3, 0.4) is 0 Å². The largest absolute Gasteiger partial charge is 0.381 e. The Hall–Kier alpha value is -1.07. The predicted octanol–water partition coefficient (Wildman–Crippen LogP) is 2.59. The molecular weight excluding hydrogens is 260 g/mol. The molecule has 0 bridgehead atoms. The van der Waals surface area contributed by atoms with Crippen molar-refractivity contribution >= 4 is 15.7 Å². The van der Waals surface area contributed by atoms with E-state index in [4.69, 9.17) is 0 Å². The van der Waals surface area contributed by atoms with Gasteiger partial charge in [-0.05, 0) is 37.9 Å². The first-order valence-corrected chi connectivity index (χ1v) is 8.32. The van der Waals surface area contributed by atoms with E-state index in [1.54, 1.807) is 12.1 Å². The molecule has 0 aromatic heterocycles. The summed E-state index contributed by atoms with van der Waals surface area (Å²) in [7, 11) is -1.97. The Morgan fingerprint density at radius 3 is 2.53 bits per heavy atom. The second-order valence-electron chi connectivity index (χ2n) is 5.22. The predicted molar refractivity (Wildman–Crippen MR) is 77.7 cm³/mol. The lowest BCUT2D eigenvalue weighted by molar-refractivity contribution is 0.349. The number of hydrogen-bond donors (Lipinski definition) is 2. The molecule has 2 unspecified atom stereocenters. The van der Waals surface area contributed by atoms with Gasteiger partial charge in [0, 0.05) is 6.04 Å². The number of anilines is 1. The van der Waals surface area contributed by atoms with Gasteiger partial charge in [0.25, 0.3) is 0 Å². The Bertz CT molecular complexity index is 528. The highest BCUT2D eigenvalue weighted by Crippen LogP contribution is 2.29. The molecule has 2 atom stereocenters. The van der Waals surface area contributed by atoms with E-state index in [0.29, 0.717) is 22.5 Å². The molecule has 4 nitrogen and oxygen atoms in total. The molecule has 1 aromatic carbocycles. The topological polar surface area (TPSA) is 58.2 Å². The normalized spacial score (nSPS) is 24.1. The molecule has 2 N–H and O–H groups in total. The van der Waals surface area contributed by atoms with Crippen LogP contribution < -0.4 is 10.0 Å². The molecule has 1 aromatic rings. The van der Waals surface area contributed by atoms with Crippen molar-refractivity contribution in [3.63, 3.8) is 0 Å². The summed E-state index contributed by atoms with van der Waals surface area (Å²) in [6.07, 6.45) is 4.80. The quantitative estimate of drug-likeness (QED) is 0.892. The Morgan fingerprint density at radius 1 is 1.16 bits per heavy atom. The van der Waals surface area contributed by atoms with Gasteiger partial charge in [-0.1, -0.05) is 31.9 Å². The molecule has 1 saturated carbocycles. The number of sulfonamides is 1. The van der Waals surface area contributed by atoms with Crippen LogP contribution in [0.1, 0.15) is 32.6 Å². The summed E-state index contributed by atoms with van der Waals surface area (Å²) in [5.41, 5.74) is 0.704. The molecule has 106 valence electrons. The van der Waals surface area contributed by atoms with Gasteiger partial charge in [-0.2, -0.15) is 0 Å². The Labute approximate surface area is 115 Å². The molecule has 0 radical (unpaired) electrons. The lowest BCUT2D eigenvalue weighted by atomic mass is 9.86. The minimum Gasteiger partial charge on any atom is -0.381 e. The number of benzene rings is 1. The standard InChI is InChI=1S/C14H22N2O2S/c1-11-7-3-4-8-12(11)16-13-9-5-6-10-14(13)19(17,18)15-2/h5-6,9-12,15-16H,3-4,7-8H2,1-2H3. The van der Waals surface area contributed by atoms with E-state index in [1.165, 1.54) is 26.3 Å². The van der Waals surface area contributed by atoms with Crippen molar-refractivity contribution in [3.05, 3.63) is 24.3 Å². The Kier molecular flexibility index (Phi) is 4.47. The van der Waals surface area contributed by atoms with Crippen LogP contribution in [-0.2, 0) is 10.0 Å². The maximum Gasteiger partial charge on any atom is 0.242 e. The van der Waals surface area contributed by atoms with Crippen LogP contribution in [0, 0.1) is 5.92 Å². The molecule has 0 amide bonds. The lowest BCUT2D eigenvalue weighted by Crippen LogP contribution is -2.31. The highest BCUT2D eigenvalue weighted by Gasteiger charge is 2.23. The van der Waals surface area contributed by atoms with E-state index in [9.17, 15) is 8.42 Å². The van der Waals surface area contributed by atoms with Gasteiger partial charge in [0.2, 0.25) is 10.0 Å². The maximum atomic E-state index is 12.0. The summed E-state index contributed by atoms with van der Waals surface area (Å²) in [6.45, 7) is 2.23. The van der Waals surface area contributed by atoms with Crippen LogP contribution in [0.4, 0.5) is 5.69 Å². The van der Waals surface area contributed by atoms with Crippen LogP contribution in [0.25, 0.3) is 0 Å². The number of para-hydroxylation sites is 1. The van der Waals surface area contributed by atoms with Crippen molar-refractivity contribution in [2.75, 3.05) is 12.4 Å². The average Bonchev–Trinajstić information content (AvgIpc) is 2.42. The molecule has 1 fully saturated rings. The van der Waals surface area contributed by atoms with E-state index in [0.717, 1.165) is 6.42 Å². The maximum absolute atomic E-state index is 12.0. The van der Waals surface area contributed by atoms with Crippen molar-refractivity contribution in [2.45, 2.75) is 43.5 Å². The molecule has 0 aliphatic heterocycles. The molecule has 1 aliphatic carbocycles. The average molecular weight is 282 g/mol. The van der Waals surface area contributed by atoms with E-state index in [1.807, 2.05) is 12.1 Å². The zero-order valence-electron chi connectivity index (χ0n) is 11.5. The van der Waals surface area contributed by atoms with Gasteiger partial charge >= 0.3 is 0 Å². The van der Waals surface area contributed by atoms with Crippen molar-refractivity contribution < 1.29 is 8.42 Å². The summed E-state index contributed by atoms with van der Waals surface area (Å²) in [5.74, 6) is 0.582. The molecule has 0 saturated heterocycles. The van der Waals surface area contributed by atoms with Crippen LogP contribution in [0.2, 0.25) is 0 Å². The third kappa shape index (κ3) is 3.28. The van der Waals surface area contributed by atoms with Crippen molar-refractivity contribution in [1.82, 2.24) is 4.72 Å². The van der Waals surface area contributed by atoms with Crippen LogP contribution in [0.5, 0.6) is 0 Å². The molecule has 1 aliphatic rings. The fourth-order valence-electron chi connectivity index (χ4n) is 2.66. The monoisotopic (exact) mass is 282 g/mol. The van der Waals surface area contributed by atoms with E-state index in [-0.39, 0.29) is 0 Å². The number of hydrogen-bond acceptors (Lipinski definition) is 3. The molecule has 0 heterocycles. The first-order valence-electron chi connectivity index (χ1n) is 6.83. The first-order chi connectivity index (χ1) is 9.04.